The number of allylic oxidation sites excluding steroid dienone is 3. The van der Waals surface area contributed by atoms with E-state index in [9.17, 15) is 0 Å². The monoisotopic (exact) mass is 175 g/mol. The lowest BCUT2D eigenvalue weighted by Gasteiger charge is -1.93. The van der Waals surface area contributed by atoms with Gasteiger partial charge in [0.25, 0.3) is 0 Å². The fourth-order valence-electron chi connectivity index (χ4n) is 1.06. The predicted molar refractivity (Wildman–Crippen MR) is 55.5 cm³/mol. The molecule has 0 bridgehead atoms. The van der Waals surface area contributed by atoms with E-state index in [4.69, 9.17) is 0 Å². The molecule has 1 aromatic heterocycles. The molecule has 0 radical (unpaired) electrons. The highest BCUT2D eigenvalue weighted by molar-refractivity contribution is 5.73. The Labute approximate surface area is 78.1 Å². The van der Waals surface area contributed by atoms with Crippen LogP contribution in [0.2, 0.25) is 0 Å². The minimum atomic E-state index is 1.02. The van der Waals surface area contributed by atoms with Crippen molar-refractivity contribution < 1.29 is 0 Å². The Morgan fingerprint density at radius 1 is 1.69 bits per heavy atom. The summed E-state index contributed by atoms with van der Waals surface area (Å²) >= 11 is 0. The number of aromatic nitrogens is 2. The highest BCUT2D eigenvalue weighted by Gasteiger charge is 1.98. The molecule has 0 aliphatic heterocycles. The Hall–Kier alpha value is -1.64. The minimum absolute atomic E-state index is 1.02. The van der Waals surface area contributed by atoms with Gasteiger partial charge in [0.2, 0.25) is 0 Å². The smallest absolute Gasteiger partial charge is 0.0568 e. The maximum absolute atomic E-state index is 4.08. The van der Waals surface area contributed by atoms with Gasteiger partial charge in [0, 0.05) is 30.6 Å². The number of aliphatic imine (C=N–C) groups is 1. The lowest BCUT2D eigenvalue weighted by atomic mass is 10.1. The third-order valence-electron chi connectivity index (χ3n) is 1.61. The van der Waals surface area contributed by atoms with E-state index < -0.39 is 0 Å². The topological polar surface area (TPSA) is 30.2 Å². The van der Waals surface area contributed by atoms with Crippen LogP contribution in [-0.4, -0.2) is 16.5 Å². The van der Waals surface area contributed by atoms with Crippen molar-refractivity contribution in [3.05, 3.63) is 36.3 Å². The van der Waals surface area contributed by atoms with Crippen molar-refractivity contribution in [2.45, 2.75) is 6.92 Å². The van der Waals surface area contributed by atoms with Gasteiger partial charge in [0.15, 0.2) is 0 Å². The second-order valence-corrected chi connectivity index (χ2v) is 2.67. The van der Waals surface area contributed by atoms with E-state index in [1.165, 1.54) is 0 Å². The lowest BCUT2D eigenvalue weighted by molar-refractivity contribution is 0.767. The zero-order valence-corrected chi connectivity index (χ0v) is 7.94. The Balaban J connectivity index is 3.01. The first-order chi connectivity index (χ1) is 6.27. The van der Waals surface area contributed by atoms with Crippen molar-refractivity contribution in [2.24, 2.45) is 12.0 Å². The summed E-state index contributed by atoms with van der Waals surface area (Å²) in [5.74, 6) is 0. The Morgan fingerprint density at radius 2 is 2.46 bits per heavy atom. The Kier molecular flexibility index (Phi) is 3.20. The van der Waals surface area contributed by atoms with Crippen LogP contribution >= 0.6 is 0 Å². The maximum atomic E-state index is 4.08. The number of rotatable bonds is 3. The van der Waals surface area contributed by atoms with Gasteiger partial charge in [-0.3, -0.25) is 9.67 Å². The molecule has 0 unspecified atom stereocenters. The van der Waals surface area contributed by atoms with Crippen LogP contribution in [0, 0.1) is 0 Å². The average Bonchev–Trinajstić information content (AvgIpc) is 2.51. The molecule has 3 heteroatoms. The summed E-state index contributed by atoms with van der Waals surface area (Å²) in [5.41, 5.74) is 2.07. The first-order valence-corrected chi connectivity index (χ1v) is 4.05. The molecule has 0 aromatic carbocycles. The van der Waals surface area contributed by atoms with Gasteiger partial charge < -0.3 is 0 Å². The zero-order valence-electron chi connectivity index (χ0n) is 7.94. The second-order valence-electron chi connectivity index (χ2n) is 2.67. The molecule has 68 valence electrons. The molecule has 0 fully saturated rings. The van der Waals surface area contributed by atoms with E-state index in [0.29, 0.717) is 0 Å². The first-order valence-electron chi connectivity index (χ1n) is 4.05. The van der Waals surface area contributed by atoms with Crippen LogP contribution in [0.3, 0.4) is 0 Å². The van der Waals surface area contributed by atoms with Gasteiger partial charge >= 0.3 is 0 Å². The van der Waals surface area contributed by atoms with Gasteiger partial charge in [0.1, 0.15) is 0 Å². The van der Waals surface area contributed by atoms with Gasteiger partial charge in [-0.2, -0.15) is 5.10 Å². The van der Waals surface area contributed by atoms with Crippen LogP contribution in [0.25, 0.3) is 5.57 Å². The summed E-state index contributed by atoms with van der Waals surface area (Å²) in [6.45, 7) is 5.39. The summed E-state index contributed by atoms with van der Waals surface area (Å²) in [7, 11) is 1.89. The van der Waals surface area contributed by atoms with E-state index >= 15 is 0 Å². The van der Waals surface area contributed by atoms with E-state index in [0.717, 1.165) is 11.1 Å². The van der Waals surface area contributed by atoms with Crippen molar-refractivity contribution in [1.29, 1.82) is 0 Å². The molecule has 0 spiro atoms. The molecular weight excluding hydrogens is 162 g/mol. The number of aryl methyl sites for hydroxylation is 1. The third-order valence-corrected chi connectivity index (χ3v) is 1.61. The third kappa shape index (κ3) is 2.40. The SMILES string of the molecule is C=N/C=C(\C=C/C)c1cnn(C)c1. The fraction of sp³-hybridized carbons (Fsp3) is 0.200. The highest BCUT2D eigenvalue weighted by Crippen LogP contribution is 2.14. The number of nitrogens with zero attached hydrogens (tertiary/aromatic N) is 3. The Bertz CT molecular complexity index is 345. The van der Waals surface area contributed by atoms with Crippen LogP contribution in [-0.2, 0) is 7.05 Å². The molecule has 0 aliphatic carbocycles. The summed E-state index contributed by atoms with van der Waals surface area (Å²) in [4.78, 5) is 3.74. The number of hydrogen-bond donors (Lipinski definition) is 0. The molecule has 0 aliphatic rings. The molecule has 0 saturated heterocycles. The van der Waals surface area contributed by atoms with Crippen LogP contribution in [0.4, 0.5) is 0 Å². The van der Waals surface area contributed by atoms with Crippen molar-refractivity contribution >= 4 is 12.3 Å². The maximum Gasteiger partial charge on any atom is 0.0568 e. The van der Waals surface area contributed by atoms with Crippen molar-refractivity contribution in [2.75, 3.05) is 0 Å². The molecule has 0 saturated carbocycles. The quantitative estimate of drug-likeness (QED) is 0.510. The summed E-state index contributed by atoms with van der Waals surface area (Å²) in [6.07, 6.45) is 9.40. The van der Waals surface area contributed by atoms with Crippen molar-refractivity contribution in [1.82, 2.24) is 9.78 Å². The molecule has 13 heavy (non-hydrogen) atoms. The second kappa shape index (κ2) is 4.40. The number of hydrogen-bond acceptors (Lipinski definition) is 2. The first kappa shape index (κ1) is 9.45. The molecule has 0 atom stereocenters. The largest absolute Gasteiger partial charge is 0.275 e. The van der Waals surface area contributed by atoms with E-state index in [-0.39, 0.29) is 0 Å². The van der Waals surface area contributed by atoms with Crippen molar-refractivity contribution in [3.8, 4) is 0 Å². The minimum Gasteiger partial charge on any atom is -0.275 e. The van der Waals surface area contributed by atoms with E-state index in [1.54, 1.807) is 17.1 Å². The van der Waals surface area contributed by atoms with E-state index in [1.807, 2.05) is 32.3 Å². The molecule has 0 amide bonds. The summed E-state index contributed by atoms with van der Waals surface area (Å²) in [6, 6.07) is 0. The van der Waals surface area contributed by atoms with Crippen molar-refractivity contribution in [3.63, 3.8) is 0 Å². The van der Waals surface area contributed by atoms with Gasteiger partial charge in [0.05, 0.1) is 6.20 Å². The Morgan fingerprint density at radius 3 is 2.92 bits per heavy atom. The van der Waals surface area contributed by atoms with Crippen LogP contribution < -0.4 is 0 Å². The van der Waals surface area contributed by atoms with Crippen LogP contribution in [0.5, 0.6) is 0 Å². The fourth-order valence-corrected chi connectivity index (χ4v) is 1.06. The zero-order chi connectivity index (χ0) is 9.68. The molecule has 1 rings (SSSR count). The molecular formula is C10H13N3. The lowest BCUT2D eigenvalue weighted by Crippen LogP contribution is -1.84. The van der Waals surface area contributed by atoms with Crippen LogP contribution in [0.1, 0.15) is 12.5 Å². The predicted octanol–water partition coefficient (Wildman–Crippen LogP) is 2.04. The molecule has 1 heterocycles. The standard InChI is InChI=1S/C10H13N3/c1-4-5-9(6-11-2)10-7-12-13(3)8-10/h4-8H,2H2,1,3H3/b5-4-,9-6+. The normalized spacial score (nSPS) is 12.3. The highest BCUT2D eigenvalue weighted by atomic mass is 15.2. The molecule has 3 nitrogen and oxygen atoms in total. The van der Waals surface area contributed by atoms with Gasteiger partial charge in [-0.15, -0.1) is 0 Å². The van der Waals surface area contributed by atoms with Gasteiger partial charge in [-0.05, 0) is 13.6 Å². The van der Waals surface area contributed by atoms with E-state index in [2.05, 4.69) is 16.8 Å². The summed E-state index contributed by atoms with van der Waals surface area (Å²) < 4.78 is 1.76. The molecule has 1 aromatic rings. The van der Waals surface area contributed by atoms with Gasteiger partial charge in [-0.25, -0.2) is 0 Å². The summed E-state index contributed by atoms with van der Waals surface area (Å²) in [5, 5.41) is 4.08. The van der Waals surface area contributed by atoms with Gasteiger partial charge in [-0.1, -0.05) is 12.2 Å². The van der Waals surface area contributed by atoms with Crippen LogP contribution in [0.15, 0.2) is 35.7 Å². The molecule has 0 N–H and O–H groups in total. The average molecular weight is 175 g/mol.